The SMILES string of the molecule is CC(C(=O)NC1CC2CCC(C1)N2C)n1nc(C(F)F)c(Cl)c1C(F)F. The minimum Gasteiger partial charge on any atom is -0.351 e. The molecule has 2 saturated heterocycles. The molecule has 1 aromatic rings. The first-order chi connectivity index (χ1) is 12.2. The molecule has 2 bridgehead atoms. The van der Waals surface area contributed by atoms with Gasteiger partial charge in [-0.1, -0.05) is 11.6 Å². The van der Waals surface area contributed by atoms with E-state index in [1.165, 1.54) is 6.92 Å². The molecule has 0 aromatic carbocycles. The van der Waals surface area contributed by atoms with Crippen LogP contribution in [0.2, 0.25) is 5.02 Å². The zero-order chi connectivity index (χ0) is 19.2. The van der Waals surface area contributed by atoms with E-state index in [-0.39, 0.29) is 6.04 Å². The number of carbonyl (C=O) groups excluding carboxylic acids is 1. The van der Waals surface area contributed by atoms with E-state index in [2.05, 4.69) is 22.4 Å². The molecule has 2 aliphatic heterocycles. The molecular weight excluding hydrogens is 376 g/mol. The summed E-state index contributed by atoms with van der Waals surface area (Å²) in [6, 6.07) is -0.429. The zero-order valence-electron chi connectivity index (χ0n) is 14.4. The number of halogens is 5. The Morgan fingerprint density at radius 3 is 2.27 bits per heavy atom. The second-order valence-corrected chi connectivity index (χ2v) is 7.41. The summed E-state index contributed by atoms with van der Waals surface area (Å²) in [5, 5.41) is 5.56. The predicted molar refractivity (Wildman–Crippen MR) is 87.6 cm³/mol. The Labute approximate surface area is 153 Å². The molecule has 0 saturated carbocycles. The van der Waals surface area contributed by atoms with Gasteiger partial charge in [-0.15, -0.1) is 0 Å². The first-order valence-corrected chi connectivity index (χ1v) is 8.94. The van der Waals surface area contributed by atoms with E-state index >= 15 is 0 Å². The van der Waals surface area contributed by atoms with E-state index in [0.29, 0.717) is 16.8 Å². The molecule has 3 unspecified atom stereocenters. The van der Waals surface area contributed by atoms with Gasteiger partial charge in [0, 0.05) is 18.1 Å². The monoisotopic (exact) mass is 396 g/mol. The summed E-state index contributed by atoms with van der Waals surface area (Å²) in [4.78, 5) is 14.8. The molecule has 3 atom stereocenters. The van der Waals surface area contributed by atoms with Crippen molar-refractivity contribution in [2.45, 2.75) is 69.6 Å². The Hall–Kier alpha value is -1.35. The molecule has 0 radical (unpaired) electrons. The van der Waals surface area contributed by atoms with Gasteiger partial charge in [0.25, 0.3) is 12.9 Å². The Balaban J connectivity index is 1.75. The summed E-state index contributed by atoms with van der Waals surface area (Å²) in [6.45, 7) is 1.35. The van der Waals surface area contributed by atoms with Gasteiger partial charge in [0.2, 0.25) is 5.91 Å². The van der Waals surface area contributed by atoms with Gasteiger partial charge in [0.15, 0.2) is 0 Å². The minimum absolute atomic E-state index is 0.0609. The number of hydrogen-bond donors (Lipinski definition) is 1. The van der Waals surface area contributed by atoms with Crippen molar-refractivity contribution in [1.29, 1.82) is 0 Å². The highest BCUT2D eigenvalue weighted by Gasteiger charge is 2.39. The summed E-state index contributed by atoms with van der Waals surface area (Å²) < 4.78 is 53.0. The Bertz CT molecular complexity index is 669. The predicted octanol–water partition coefficient (Wildman–Crippen LogP) is 3.71. The van der Waals surface area contributed by atoms with Gasteiger partial charge in [0.05, 0.1) is 5.02 Å². The largest absolute Gasteiger partial charge is 0.351 e. The number of alkyl halides is 4. The Kier molecular flexibility index (Phi) is 5.48. The quantitative estimate of drug-likeness (QED) is 0.772. The van der Waals surface area contributed by atoms with Crippen LogP contribution in [0.5, 0.6) is 0 Å². The van der Waals surface area contributed by atoms with Crippen molar-refractivity contribution in [3.63, 3.8) is 0 Å². The number of fused-ring (bicyclic) bond motifs is 2. The lowest BCUT2D eigenvalue weighted by atomic mass is 9.98. The van der Waals surface area contributed by atoms with Crippen LogP contribution < -0.4 is 5.32 Å². The second-order valence-electron chi connectivity index (χ2n) is 7.03. The number of carbonyl (C=O) groups is 1. The van der Waals surface area contributed by atoms with E-state index in [4.69, 9.17) is 11.6 Å². The number of nitrogens with one attached hydrogen (secondary N) is 1. The first kappa shape index (κ1) is 19.4. The molecule has 146 valence electrons. The van der Waals surface area contributed by atoms with Gasteiger partial charge in [-0.05, 0) is 39.7 Å². The number of hydrogen-bond acceptors (Lipinski definition) is 3. The van der Waals surface area contributed by atoms with Crippen LogP contribution in [0.15, 0.2) is 0 Å². The van der Waals surface area contributed by atoms with Crippen LogP contribution in [0.4, 0.5) is 17.6 Å². The molecule has 1 N–H and O–H groups in total. The van der Waals surface area contributed by atoms with Crippen LogP contribution >= 0.6 is 11.6 Å². The molecule has 10 heteroatoms. The van der Waals surface area contributed by atoms with Crippen molar-refractivity contribution in [2.75, 3.05) is 7.05 Å². The maximum Gasteiger partial charge on any atom is 0.283 e. The fourth-order valence-corrected chi connectivity index (χ4v) is 4.33. The van der Waals surface area contributed by atoms with Crippen molar-refractivity contribution in [2.24, 2.45) is 0 Å². The summed E-state index contributed by atoms with van der Waals surface area (Å²) in [7, 11) is 2.07. The van der Waals surface area contributed by atoms with E-state index in [0.717, 1.165) is 25.7 Å². The number of amides is 1. The van der Waals surface area contributed by atoms with Crippen LogP contribution in [0.1, 0.15) is 62.9 Å². The van der Waals surface area contributed by atoms with Gasteiger partial charge >= 0.3 is 0 Å². The van der Waals surface area contributed by atoms with E-state index in [9.17, 15) is 22.4 Å². The standard InChI is InChI=1S/C16H21ClF4N4O/c1-7(25-13(15(20)21)11(17)12(23-25)14(18)19)16(26)22-8-5-9-3-4-10(6-8)24(9)2/h7-10,14-15H,3-6H2,1-2H3,(H,22,26). The third-order valence-electron chi connectivity index (χ3n) is 5.52. The maximum atomic E-state index is 13.3. The molecule has 2 aliphatic rings. The van der Waals surface area contributed by atoms with Gasteiger partial charge in [0.1, 0.15) is 17.4 Å². The normalized spacial score (nSPS) is 27.3. The third-order valence-corrected chi connectivity index (χ3v) is 5.90. The van der Waals surface area contributed by atoms with Crippen LogP contribution in [-0.4, -0.2) is 45.8 Å². The van der Waals surface area contributed by atoms with Gasteiger partial charge in [-0.3, -0.25) is 4.79 Å². The van der Waals surface area contributed by atoms with Crippen LogP contribution in [0.3, 0.4) is 0 Å². The highest BCUT2D eigenvalue weighted by molar-refractivity contribution is 6.32. The number of piperidine rings is 1. The summed E-state index contributed by atoms with van der Waals surface area (Å²) in [5.41, 5.74) is -1.79. The van der Waals surface area contributed by atoms with Crippen molar-refractivity contribution in [3.8, 4) is 0 Å². The van der Waals surface area contributed by atoms with Crippen molar-refractivity contribution >= 4 is 17.5 Å². The highest BCUT2D eigenvalue weighted by atomic mass is 35.5. The van der Waals surface area contributed by atoms with Crippen LogP contribution in [0, 0.1) is 0 Å². The Morgan fingerprint density at radius 2 is 1.77 bits per heavy atom. The molecular formula is C16H21ClF4N4O. The second kappa shape index (κ2) is 7.34. The van der Waals surface area contributed by atoms with E-state index in [1.807, 2.05) is 0 Å². The first-order valence-electron chi connectivity index (χ1n) is 8.57. The molecule has 1 aromatic heterocycles. The van der Waals surface area contributed by atoms with Crippen molar-refractivity contribution < 1.29 is 22.4 Å². The Morgan fingerprint density at radius 1 is 1.19 bits per heavy atom. The average Bonchev–Trinajstić information content (AvgIpc) is 2.99. The van der Waals surface area contributed by atoms with Gasteiger partial charge in [-0.2, -0.15) is 5.10 Å². The topological polar surface area (TPSA) is 50.2 Å². The minimum atomic E-state index is -3.11. The molecule has 2 fully saturated rings. The van der Waals surface area contributed by atoms with E-state index < -0.39 is 41.2 Å². The van der Waals surface area contributed by atoms with Gasteiger partial charge in [-0.25, -0.2) is 22.2 Å². The molecule has 5 nitrogen and oxygen atoms in total. The maximum absolute atomic E-state index is 13.3. The highest BCUT2D eigenvalue weighted by Crippen LogP contribution is 2.37. The number of rotatable bonds is 5. The summed E-state index contributed by atoms with van der Waals surface area (Å²) in [5.74, 6) is -0.527. The lowest BCUT2D eigenvalue weighted by Gasteiger charge is -2.37. The summed E-state index contributed by atoms with van der Waals surface area (Å²) in [6.07, 6.45) is -2.49. The van der Waals surface area contributed by atoms with E-state index in [1.54, 1.807) is 0 Å². The molecule has 3 heterocycles. The van der Waals surface area contributed by atoms with Crippen molar-refractivity contribution in [1.82, 2.24) is 20.0 Å². The number of nitrogens with zero attached hydrogens (tertiary/aromatic N) is 3. The smallest absolute Gasteiger partial charge is 0.283 e. The average molecular weight is 397 g/mol. The third kappa shape index (κ3) is 3.43. The lowest BCUT2D eigenvalue weighted by Crippen LogP contribution is -2.50. The molecule has 3 rings (SSSR count). The molecule has 0 aliphatic carbocycles. The fraction of sp³-hybridized carbons (Fsp3) is 0.750. The molecule has 26 heavy (non-hydrogen) atoms. The molecule has 0 spiro atoms. The van der Waals surface area contributed by atoms with Crippen LogP contribution in [-0.2, 0) is 4.79 Å². The van der Waals surface area contributed by atoms with Crippen molar-refractivity contribution in [3.05, 3.63) is 16.4 Å². The van der Waals surface area contributed by atoms with Crippen LogP contribution in [0.25, 0.3) is 0 Å². The lowest BCUT2D eigenvalue weighted by molar-refractivity contribution is -0.125. The fourth-order valence-electron chi connectivity index (χ4n) is 4.04. The summed E-state index contributed by atoms with van der Waals surface area (Å²) >= 11 is 5.64. The number of aromatic nitrogens is 2. The molecule has 1 amide bonds. The van der Waals surface area contributed by atoms with Gasteiger partial charge < -0.3 is 10.2 Å². The zero-order valence-corrected chi connectivity index (χ0v) is 15.2.